The van der Waals surface area contributed by atoms with E-state index in [0.29, 0.717) is 50.2 Å². The number of carbonyl (C=O) groups excluding carboxylic acids is 1. The van der Waals surface area contributed by atoms with Crippen molar-refractivity contribution in [3.8, 4) is 17.4 Å². The second-order valence-corrected chi connectivity index (χ2v) is 7.00. The first-order chi connectivity index (χ1) is 14.4. The van der Waals surface area contributed by atoms with Crippen molar-refractivity contribution in [2.24, 2.45) is 10.2 Å². The number of amides is 1. The van der Waals surface area contributed by atoms with Crippen molar-refractivity contribution in [3.63, 3.8) is 0 Å². The molecule has 0 fully saturated rings. The van der Waals surface area contributed by atoms with Crippen LogP contribution in [0.2, 0.25) is 0 Å². The van der Waals surface area contributed by atoms with Crippen molar-refractivity contribution >= 4 is 56.4 Å². The molecule has 0 bridgehead atoms. The first kappa shape index (κ1) is 26.6. The fraction of sp³-hybridized carbons (Fsp3) is 0.167. The zero-order chi connectivity index (χ0) is 22.1. The van der Waals surface area contributed by atoms with Gasteiger partial charge < -0.3 is 15.5 Å². The number of thiophene rings is 1. The quantitative estimate of drug-likeness (QED) is 0.0780. The number of carbonyl (C=O) groups is 1. The minimum Gasteiger partial charge on any atom is -0.691 e. The van der Waals surface area contributed by atoms with Crippen LogP contribution in [0.15, 0.2) is 28.4 Å². The number of rotatable bonds is 6. The Kier molecular flexibility index (Phi) is 11.2. The van der Waals surface area contributed by atoms with Gasteiger partial charge in [0.05, 0.1) is 23.5 Å². The number of nitrogens with zero attached hydrogens (tertiary/aromatic N) is 5. The Morgan fingerprint density at radius 1 is 1.45 bits per heavy atom. The van der Waals surface area contributed by atoms with Gasteiger partial charge in [-0.2, -0.15) is 9.60 Å². The second-order valence-electron chi connectivity index (χ2n) is 5.51. The van der Waals surface area contributed by atoms with E-state index in [1.165, 1.54) is 11.8 Å². The molecule has 0 aliphatic heterocycles. The van der Waals surface area contributed by atoms with Crippen molar-refractivity contribution in [2.45, 2.75) is 13.8 Å². The molecule has 1 aromatic heterocycles. The van der Waals surface area contributed by atoms with Gasteiger partial charge in [-0.3, -0.25) is 9.83 Å². The van der Waals surface area contributed by atoms with Gasteiger partial charge in [0, 0.05) is 25.3 Å². The number of benzene rings is 1. The zero-order valence-electron chi connectivity index (χ0n) is 16.9. The van der Waals surface area contributed by atoms with E-state index in [-0.39, 0.29) is 35.5 Å². The van der Waals surface area contributed by atoms with Crippen LogP contribution in [0.5, 0.6) is 0 Å². The maximum absolute atomic E-state index is 11.6. The fourth-order valence-electron chi connectivity index (χ4n) is 2.19. The van der Waals surface area contributed by atoms with Gasteiger partial charge in [-0.1, -0.05) is 0 Å². The predicted octanol–water partition coefficient (Wildman–Crippen LogP) is 1.08. The van der Waals surface area contributed by atoms with Gasteiger partial charge >= 0.3 is 29.6 Å². The topological polar surface area (TPSA) is 127 Å². The van der Waals surface area contributed by atoms with Gasteiger partial charge in [0.2, 0.25) is 10.9 Å². The fourth-order valence-corrected chi connectivity index (χ4v) is 3.29. The number of azo groups is 1. The summed E-state index contributed by atoms with van der Waals surface area (Å²) in [6.45, 7) is 10.2. The van der Waals surface area contributed by atoms with Crippen molar-refractivity contribution in [2.75, 3.05) is 17.3 Å². The van der Waals surface area contributed by atoms with E-state index >= 15 is 0 Å². The van der Waals surface area contributed by atoms with Crippen molar-refractivity contribution < 1.29 is 49.0 Å². The van der Waals surface area contributed by atoms with E-state index < -0.39 is 0 Å². The Labute approximate surface area is 209 Å². The van der Waals surface area contributed by atoms with Crippen molar-refractivity contribution in [1.82, 2.24) is 0 Å². The molecule has 1 heterocycles. The molecule has 0 unspecified atom stereocenters. The maximum atomic E-state index is 11.6. The Bertz CT molecular complexity index is 1130. The number of nitrogens with one attached hydrogen (secondary N) is 1. The summed E-state index contributed by atoms with van der Waals surface area (Å²) in [6, 6.07) is 9.68. The summed E-state index contributed by atoms with van der Waals surface area (Å²) in [5.74, 6) is -0.311. The van der Waals surface area contributed by atoms with Crippen LogP contribution >= 0.6 is 23.4 Å². The summed E-state index contributed by atoms with van der Waals surface area (Å²) < 4.78 is 4.06. The SMILES string of the molecule is [C-]#[N+]c1sc(N=Nc2ccc(N(C)C#CSOO[O-])cc2NC(C)=O)c(C#N)c1C.[Na+]. The van der Waals surface area contributed by atoms with Crippen LogP contribution in [-0.2, 0) is 14.2 Å². The summed E-state index contributed by atoms with van der Waals surface area (Å²) in [4.78, 5) is 16.5. The third-order valence-corrected chi connectivity index (χ3v) is 4.93. The minimum absolute atomic E-state index is 0. The van der Waals surface area contributed by atoms with Crippen LogP contribution in [0.25, 0.3) is 4.85 Å². The van der Waals surface area contributed by atoms with Gasteiger partial charge in [0.25, 0.3) is 0 Å². The molecule has 13 heteroatoms. The summed E-state index contributed by atoms with van der Waals surface area (Å²) >= 11 is 1.59. The van der Waals surface area contributed by atoms with E-state index in [9.17, 15) is 15.3 Å². The van der Waals surface area contributed by atoms with Gasteiger partial charge in [-0.05, 0) is 30.7 Å². The number of anilines is 2. The third kappa shape index (κ3) is 7.33. The predicted molar refractivity (Wildman–Crippen MR) is 111 cm³/mol. The van der Waals surface area contributed by atoms with Gasteiger partial charge in [0.15, 0.2) is 0 Å². The largest absolute Gasteiger partial charge is 1.00 e. The van der Waals surface area contributed by atoms with Crippen LogP contribution in [0.1, 0.15) is 18.1 Å². The molecule has 0 atom stereocenters. The van der Waals surface area contributed by atoms with Gasteiger partial charge in [-0.15, -0.1) is 21.6 Å². The molecule has 0 radical (unpaired) electrons. The summed E-state index contributed by atoms with van der Waals surface area (Å²) in [5.41, 5.74) is 2.21. The summed E-state index contributed by atoms with van der Waals surface area (Å²) in [5, 5.41) is 36.4. The number of hydrogen-bond donors (Lipinski definition) is 1. The molecule has 0 aliphatic rings. The smallest absolute Gasteiger partial charge is 0.691 e. The third-order valence-electron chi connectivity index (χ3n) is 3.56. The van der Waals surface area contributed by atoms with Crippen LogP contribution in [0.4, 0.5) is 27.1 Å². The van der Waals surface area contributed by atoms with Gasteiger partial charge in [-0.25, -0.2) is 4.85 Å². The van der Waals surface area contributed by atoms with Crippen molar-refractivity contribution in [1.29, 1.82) is 5.26 Å². The maximum Gasteiger partial charge on any atom is 1.00 e. The van der Waals surface area contributed by atoms with Crippen LogP contribution in [-0.4, -0.2) is 13.0 Å². The van der Waals surface area contributed by atoms with Crippen LogP contribution < -0.4 is 45.0 Å². The van der Waals surface area contributed by atoms with Crippen LogP contribution in [0, 0.1) is 36.1 Å². The molecule has 1 amide bonds. The molecule has 31 heavy (non-hydrogen) atoms. The molecule has 152 valence electrons. The molecular weight excluding hydrogens is 451 g/mol. The standard InChI is InChI=1S/C18H14N6O4S2.Na/c1-11-14(10-19)18(30-17(11)20-3)23-22-15-6-5-13(9-16(15)21-12(2)25)24(4)7-8-29-28-27-26;/h5-6,9,26H,1-2,4H3,(H,21,25);/q;+1/p-1. The van der Waals surface area contributed by atoms with E-state index in [4.69, 9.17) is 6.57 Å². The van der Waals surface area contributed by atoms with E-state index in [1.54, 1.807) is 32.2 Å². The number of hydrogen-bond acceptors (Lipinski definition) is 10. The first-order valence-corrected chi connectivity index (χ1v) is 9.58. The molecule has 2 rings (SSSR count). The van der Waals surface area contributed by atoms with Crippen molar-refractivity contribution in [3.05, 3.63) is 40.7 Å². The molecule has 0 saturated carbocycles. The number of nitriles is 1. The molecule has 0 saturated heterocycles. The molecular formula is C18H13N6NaO4S2. The van der Waals surface area contributed by atoms with Crippen LogP contribution in [0.3, 0.4) is 0 Å². The second kappa shape index (κ2) is 13.1. The molecule has 1 aromatic carbocycles. The van der Waals surface area contributed by atoms with E-state index in [2.05, 4.69) is 41.1 Å². The average Bonchev–Trinajstić information content (AvgIpc) is 3.04. The summed E-state index contributed by atoms with van der Waals surface area (Å²) in [6.07, 6.45) is 0. The zero-order valence-corrected chi connectivity index (χ0v) is 20.6. The average molecular weight is 464 g/mol. The normalized spacial score (nSPS) is 9.74. The Morgan fingerprint density at radius 2 is 2.19 bits per heavy atom. The van der Waals surface area contributed by atoms with E-state index in [0.717, 1.165) is 11.3 Å². The first-order valence-electron chi connectivity index (χ1n) is 8.02. The Morgan fingerprint density at radius 3 is 2.81 bits per heavy atom. The molecule has 10 nitrogen and oxygen atoms in total. The molecule has 0 spiro atoms. The minimum atomic E-state index is -0.311. The Balaban J connectivity index is 0.00000480. The molecule has 1 N–H and O–H groups in total. The van der Waals surface area contributed by atoms with E-state index in [1.807, 2.05) is 6.07 Å². The van der Waals surface area contributed by atoms with Gasteiger partial charge in [0.1, 0.15) is 28.8 Å². The Hall–Kier alpha value is -2.44. The molecule has 0 aliphatic carbocycles. The summed E-state index contributed by atoms with van der Waals surface area (Å²) in [7, 11) is 1.67. The molecule has 2 aromatic rings. The monoisotopic (exact) mass is 464 g/mol.